The van der Waals surface area contributed by atoms with E-state index in [0.29, 0.717) is 19.3 Å². The molecule has 0 spiro atoms. The van der Waals surface area contributed by atoms with Gasteiger partial charge in [-0.25, -0.2) is 4.79 Å². The highest BCUT2D eigenvalue weighted by Gasteiger charge is 2.31. The Balaban J connectivity index is 4.42. The van der Waals surface area contributed by atoms with Crippen LogP contribution in [-0.2, 0) is 28.6 Å². The number of carbonyl (C=O) groups is 3. The zero-order valence-corrected chi connectivity index (χ0v) is 31.2. The molecule has 0 fully saturated rings. The first-order chi connectivity index (χ1) is 22.6. The molecule has 47 heavy (non-hydrogen) atoms. The van der Waals surface area contributed by atoms with Gasteiger partial charge < -0.3 is 23.8 Å². The third kappa shape index (κ3) is 29.9. The number of hydrogen-bond acceptors (Lipinski definition) is 6. The molecule has 0 aromatic heterocycles. The molecule has 0 amide bonds. The van der Waals surface area contributed by atoms with Crippen LogP contribution in [0.15, 0.2) is 12.2 Å². The van der Waals surface area contributed by atoms with Gasteiger partial charge in [-0.05, 0) is 32.1 Å². The first-order valence-electron chi connectivity index (χ1n) is 19.2. The topological polar surface area (TPSA) is 99.1 Å². The van der Waals surface area contributed by atoms with Crippen LogP contribution < -0.4 is 0 Å². The number of carboxylic acid groups (broad SMARTS) is 1. The number of unbranched alkanes of at least 4 members (excludes halogenated alkanes) is 18. The fraction of sp³-hybridized carbons (Fsp3) is 0.872. The second-order valence-electron chi connectivity index (χ2n) is 14.2. The van der Waals surface area contributed by atoms with Gasteiger partial charge in [-0.15, -0.1) is 0 Å². The summed E-state index contributed by atoms with van der Waals surface area (Å²) >= 11 is 0. The lowest BCUT2D eigenvalue weighted by molar-refractivity contribution is -0.887. The molecule has 8 heteroatoms. The highest BCUT2D eigenvalue weighted by atomic mass is 16.6. The van der Waals surface area contributed by atoms with Crippen molar-refractivity contribution in [1.29, 1.82) is 0 Å². The van der Waals surface area contributed by atoms with E-state index in [1.807, 2.05) is 21.1 Å². The molecule has 0 radical (unpaired) electrons. The molecule has 0 aromatic carbocycles. The number of allylic oxidation sites excluding steroid dienone is 2. The number of esters is 2. The molecular weight excluding hydrogens is 594 g/mol. The van der Waals surface area contributed by atoms with Crippen LogP contribution in [0.2, 0.25) is 0 Å². The molecule has 0 saturated heterocycles. The predicted molar refractivity (Wildman–Crippen MR) is 192 cm³/mol. The number of aliphatic carboxylic acids is 1. The van der Waals surface area contributed by atoms with Crippen LogP contribution >= 0.6 is 0 Å². The van der Waals surface area contributed by atoms with Crippen molar-refractivity contribution >= 4 is 17.9 Å². The molecule has 0 aromatic rings. The van der Waals surface area contributed by atoms with Crippen molar-refractivity contribution in [3.63, 3.8) is 0 Å². The summed E-state index contributed by atoms with van der Waals surface area (Å²) in [6.07, 6.45) is 29.6. The monoisotopic (exact) mass is 669 g/mol. The number of carboxylic acids is 1. The highest BCUT2D eigenvalue weighted by molar-refractivity contribution is 5.72. The summed E-state index contributed by atoms with van der Waals surface area (Å²) in [7, 11) is 5.51. The lowest BCUT2D eigenvalue weighted by Gasteiger charge is -2.31. The molecule has 276 valence electrons. The number of hydrogen-bond donors (Lipinski definition) is 1. The molecule has 2 atom stereocenters. The van der Waals surface area contributed by atoms with Gasteiger partial charge in [0.1, 0.15) is 6.61 Å². The Morgan fingerprint density at radius 2 is 1.09 bits per heavy atom. The minimum atomic E-state index is -0.876. The Labute approximate surface area is 289 Å². The third-order valence-electron chi connectivity index (χ3n) is 8.66. The Bertz CT molecular complexity index is 793. The van der Waals surface area contributed by atoms with Gasteiger partial charge in [-0.1, -0.05) is 129 Å². The van der Waals surface area contributed by atoms with Crippen molar-refractivity contribution in [2.24, 2.45) is 0 Å². The summed E-state index contributed by atoms with van der Waals surface area (Å²) in [6.45, 7) is 4.68. The summed E-state index contributed by atoms with van der Waals surface area (Å²) in [5, 5.41) is 9.57. The first kappa shape index (κ1) is 45.1. The van der Waals surface area contributed by atoms with Gasteiger partial charge >= 0.3 is 17.9 Å². The predicted octanol–water partition coefficient (Wildman–Crippen LogP) is 9.58. The zero-order chi connectivity index (χ0) is 35.0. The van der Waals surface area contributed by atoms with E-state index in [4.69, 9.17) is 14.2 Å². The van der Waals surface area contributed by atoms with Gasteiger partial charge in [0.05, 0.1) is 34.4 Å². The molecule has 0 heterocycles. The molecule has 1 N–H and O–H groups in total. The van der Waals surface area contributed by atoms with Gasteiger partial charge in [0.15, 0.2) is 12.1 Å². The van der Waals surface area contributed by atoms with Crippen molar-refractivity contribution in [3.05, 3.63) is 12.2 Å². The van der Waals surface area contributed by atoms with E-state index in [0.717, 1.165) is 51.4 Å². The summed E-state index contributed by atoms with van der Waals surface area (Å²) in [5.41, 5.74) is 0. The fourth-order valence-corrected chi connectivity index (χ4v) is 5.60. The second kappa shape index (κ2) is 31.3. The van der Waals surface area contributed by atoms with Crippen LogP contribution in [0.1, 0.15) is 168 Å². The Morgan fingerprint density at radius 1 is 0.617 bits per heavy atom. The van der Waals surface area contributed by atoms with E-state index in [1.54, 1.807) is 0 Å². The average molecular weight is 669 g/mol. The maximum Gasteiger partial charge on any atom is 0.362 e. The maximum atomic E-state index is 12.6. The van der Waals surface area contributed by atoms with Crippen LogP contribution in [0.3, 0.4) is 0 Å². The van der Waals surface area contributed by atoms with E-state index >= 15 is 0 Å². The van der Waals surface area contributed by atoms with Crippen molar-refractivity contribution < 1.29 is 38.2 Å². The maximum absolute atomic E-state index is 12.6. The molecular formula is C39H74NO7+. The Kier molecular flexibility index (Phi) is 30.1. The SMILES string of the molecule is CCCC/C=C\CCCCCCCC(=O)OC(COCCC(C(=O)O)[N+](C)(C)C)COC(=O)CCCCCCCCCCCCCC. The Hall–Kier alpha value is -1.93. The highest BCUT2D eigenvalue weighted by Crippen LogP contribution is 2.14. The van der Waals surface area contributed by atoms with E-state index < -0.39 is 18.1 Å². The number of ether oxygens (including phenoxy) is 3. The van der Waals surface area contributed by atoms with Crippen LogP contribution in [0.4, 0.5) is 0 Å². The molecule has 0 aliphatic rings. The molecule has 0 aliphatic heterocycles. The van der Waals surface area contributed by atoms with E-state index in [1.165, 1.54) is 83.5 Å². The summed E-state index contributed by atoms with van der Waals surface area (Å²) < 4.78 is 17.2. The number of rotatable bonds is 34. The number of nitrogens with zero attached hydrogens (tertiary/aromatic N) is 1. The summed E-state index contributed by atoms with van der Waals surface area (Å²) in [5.74, 6) is -1.47. The largest absolute Gasteiger partial charge is 0.477 e. The third-order valence-corrected chi connectivity index (χ3v) is 8.66. The minimum Gasteiger partial charge on any atom is -0.477 e. The van der Waals surface area contributed by atoms with Crippen molar-refractivity contribution in [1.82, 2.24) is 0 Å². The number of carbonyl (C=O) groups excluding carboxylic acids is 2. The molecule has 0 aliphatic carbocycles. The Morgan fingerprint density at radius 3 is 1.60 bits per heavy atom. The molecule has 0 saturated carbocycles. The van der Waals surface area contributed by atoms with Crippen molar-refractivity contribution in [2.75, 3.05) is 41.0 Å². The van der Waals surface area contributed by atoms with Crippen LogP contribution in [0.25, 0.3) is 0 Å². The van der Waals surface area contributed by atoms with Gasteiger partial charge in [-0.3, -0.25) is 9.59 Å². The standard InChI is InChI=1S/C39H73NO7/c1-6-8-10-12-14-16-18-20-21-23-25-27-29-37(41)46-34-35(33-45-32-31-36(39(43)44)40(3,4)5)47-38(42)30-28-26-24-22-19-17-15-13-11-9-7-2/h13,15,35-36H,6-12,14,16-34H2,1-5H3/p+1/b15-13-. The normalized spacial score (nSPS) is 13.1. The lowest BCUT2D eigenvalue weighted by Crippen LogP contribution is -2.50. The lowest BCUT2D eigenvalue weighted by atomic mass is 10.0. The summed E-state index contributed by atoms with van der Waals surface area (Å²) in [6, 6.07) is -0.610. The molecule has 2 unspecified atom stereocenters. The zero-order valence-electron chi connectivity index (χ0n) is 31.2. The molecule has 8 nitrogen and oxygen atoms in total. The molecule has 0 bridgehead atoms. The smallest absolute Gasteiger partial charge is 0.362 e. The summed E-state index contributed by atoms with van der Waals surface area (Å²) in [4.78, 5) is 36.7. The minimum absolute atomic E-state index is 0.0493. The molecule has 0 rings (SSSR count). The second-order valence-corrected chi connectivity index (χ2v) is 14.2. The van der Waals surface area contributed by atoms with E-state index in [-0.39, 0.29) is 36.2 Å². The van der Waals surface area contributed by atoms with E-state index in [9.17, 15) is 19.5 Å². The van der Waals surface area contributed by atoms with Gasteiger partial charge in [0.2, 0.25) is 0 Å². The number of likely N-dealkylation sites (N-methyl/N-ethyl adjacent to an activating group) is 1. The van der Waals surface area contributed by atoms with Gasteiger partial charge in [0.25, 0.3) is 0 Å². The first-order valence-corrected chi connectivity index (χ1v) is 19.2. The van der Waals surface area contributed by atoms with Gasteiger partial charge in [-0.2, -0.15) is 0 Å². The van der Waals surface area contributed by atoms with E-state index in [2.05, 4.69) is 26.0 Å². The van der Waals surface area contributed by atoms with Crippen LogP contribution in [0.5, 0.6) is 0 Å². The van der Waals surface area contributed by atoms with Crippen LogP contribution in [-0.4, -0.2) is 80.6 Å². The van der Waals surface area contributed by atoms with Crippen LogP contribution in [0, 0.1) is 0 Å². The van der Waals surface area contributed by atoms with Gasteiger partial charge in [0, 0.05) is 19.3 Å². The van der Waals surface area contributed by atoms with Crippen molar-refractivity contribution in [2.45, 2.75) is 180 Å². The fourth-order valence-electron chi connectivity index (χ4n) is 5.60. The quantitative estimate of drug-likeness (QED) is 0.0315. The van der Waals surface area contributed by atoms with Crippen molar-refractivity contribution in [3.8, 4) is 0 Å². The number of quaternary nitrogens is 1. The average Bonchev–Trinajstić information content (AvgIpc) is 3.01.